The number of carbonyl (C=O) groups excluding carboxylic acids is 1. The van der Waals surface area contributed by atoms with E-state index in [1.54, 1.807) is 7.11 Å². The fourth-order valence-electron chi connectivity index (χ4n) is 0.651. The van der Waals surface area contributed by atoms with E-state index in [4.69, 9.17) is 4.74 Å². The van der Waals surface area contributed by atoms with Crippen molar-refractivity contribution in [2.75, 3.05) is 13.7 Å². The van der Waals surface area contributed by atoms with Crippen LogP contribution in [0.3, 0.4) is 0 Å². The molecule has 0 aromatic carbocycles. The zero-order chi connectivity index (χ0) is 6.95. The van der Waals surface area contributed by atoms with Gasteiger partial charge in [-0.05, 0) is 12.8 Å². The second kappa shape index (κ2) is 7.63. The van der Waals surface area contributed by atoms with Gasteiger partial charge in [-0.1, -0.05) is 6.42 Å². The maximum atomic E-state index is 9.81. The molecule has 2 nitrogen and oxygen atoms in total. The highest BCUT2D eigenvalue weighted by Crippen LogP contribution is 1.96. The second-order valence-electron chi connectivity index (χ2n) is 2.01. The summed E-state index contributed by atoms with van der Waals surface area (Å²) in [6, 6.07) is 0. The molecule has 0 radical (unpaired) electrons. The lowest BCUT2D eigenvalue weighted by atomic mass is 10.2. The first-order valence-corrected chi connectivity index (χ1v) is 3.34. The van der Waals surface area contributed by atoms with Crippen molar-refractivity contribution in [3.05, 3.63) is 0 Å². The van der Waals surface area contributed by atoms with Gasteiger partial charge < -0.3 is 9.53 Å². The summed E-state index contributed by atoms with van der Waals surface area (Å²) in [5, 5.41) is 0. The fraction of sp³-hybridized carbons (Fsp3) is 0.857. The molecular weight excluding hydrogens is 116 g/mol. The molecule has 0 unspecified atom stereocenters. The molecule has 0 saturated carbocycles. The minimum Gasteiger partial charge on any atom is -0.385 e. The minimum atomic E-state index is 0.698. The van der Waals surface area contributed by atoms with Gasteiger partial charge in [0.25, 0.3) is 0 Å². The van der Waals surface area contributed by atoms with Crippen LogP contribution in [0.4, 0.5) is 0 Å². The van der Waals surface area contributed by atoms with Crippen molar-refractivity contribution >= 4 is 6.29 Å². The number of aldehydes is 1. The van der Waals surface area contributed by atoms with E-state index in [2.05, 4.69) is 0 Å². The molecule has 0 aliphatic carbocycles. The summed E-state index contributed by atoms with van der Waals surface area (Å²) < 4.78 is 4.83. The van der Waals surface area contributed by atoms with Crippen LogP contribution < -0.4 is 0 Å². The molecule has 0 fully saturated rings. The van der Waals surface area contributed by atoms with Crippen LogP contribution in [0.15, 0.2) is 0 Å². The van der Waals surface area contributed by atoms with Gasteiger partial charge in [0.2, 0.25) is 0 Å². The van der Waals surface area contributed by atoms with E-state index in [0.717, 1.165) is 32.2 Å². The second-order valence-corrected chi connectivity index (χ2v) is 2.01. The van der Waals surface area contributed by atoms with Crippen LogP contribution in [0.2, 0.25) is 0 Å². The molecule has 54 valence electrons. The van der Waals surface area contributed by atoms with E-state index in [1.807, 2.05) is 0 Å². The standard InChI is InChI=1S/C7H14O2/c1-9-7-5-3-2-4-6-8/h6H,2-5,7H2,1H3. The molecular formula is C7H14O2. The van der Waals surface area contributed by atoms with Gasteiger partial charge >= 0.3 is 0 Å². The van der Waals surface area contributed by atoms with Crippen molar-refractivity contribution in [2.45, 2.75) is 25.7 Å². The van der Waals surface area contributed by atoms with Crippen LogP contribution in [-0.2, 0) is 9.53 Å². The number of ether oxygens (including phenoxy) is 1. The molecule has 9 heavy (non-hydrogen) atoms. The third-order valence-corrected chi connectivity index (χ3v) is 1.17. The summed E-state index contributed by atoms with van der Waals surface area (Å²) in [6.07, 6.45) is 4.85. The molecule has 0 aliphatic rings. The van der Waals surface area contributed by atoms with Crippen LogP contribution in [0.1, 0.15) is 25.7 Å². The topological polar surface area (TPSA) is 26.3 Å². The largest absolute Gasteiger partial charge is 0.385 e. The Hall–Kier alpha value is -0.370. The molecule has 0 atom stereocenters. The molecule has 0 rings (SSSR count). The summed E-state index contributed by atoms with van der Waals surface area (Å²) in [7, 11) is 1.69. The van der Waals surface area contributed by atoms with Gasteiger partial charge in [-0.25, -0.2) is 0 Å². The van der Waals surface area contributed by atoms with Crippen LogP contribution in [0, 0.1) is 0 Å². The number of hydrogen-bond acceptors (Lipinski definition) is 2. The highest BCUT2D eigenvalue weighted by molar-refractivity contribution is 5.48. The lowest BCUT2D eigenvalue weighted by molar-refractivity contribution is -0.107. The Labute approximate surface area is 56.2 Å². The molecule has 0 saturated heterocycles. The molecule has 0 bridgehead atoms. The van der Waals surface area contributed by atoms with E-state index in [9.17, 15) is 4.79 Å². The van der Waals surface area contributed by atoms with Gasteiger partial charge in [-0.15, -0.1) is 0 Å². The normalized spacial score (nSPS) is 9.44. The molecule has 0 aromatic rings. The number of carbonyl (C=O) groups is 1. The van der Waals surface area contributed by atoms with Gasteiger partial charge in [0.1, 0.15) is 6.29 Å². The van der Waals surface area contributed by atoms with Gasteiger partial charge in [0.15, 0.2) is 0 Å². The first kappa shape index (κ1) is 8.63. The molecule has 2 heteroatoms. The predicted octanol–water partition coefficient (Wildman–Crippen LogP) is 1.39. The van der Waals surface area contributed by atoms with Crippen molar-refractivity contribution in [2.24, 2.45) is 0 Å². The molecule has 0 aliphatic heterocycles. The third-order valence-electron chi connectivity index (χ3n) is 1.17. The monoisotopic (exact) mass is 130 g/mol. The summed E-state index contributed by atoms with van der Waals surface area (Å²) >= 11 is 0. The predicted molar refractivity (Wildman–Crippen MR) is 36.4 cm³/mol. The Morgan fingerprint density at radius 1 is 1.33 bits per heavy atom. The fourth-order valence-corrected chi connectivity index (χ4v) is 0.651. The lowest BCUT2D eigenvalue weighted by Gasteiger charge is -1.94. The average molecular weight is 130 g/mol. The van der Waals surface area contributed by atoms with E-state index >= 15 is 0 Å². The highest BCUT2D eigenvalue weighted by atomic mass is 16.5. The Balaban J connectivity index is 2.66. The zero-order valence-electron chi connectivity index (χ0n) is 5.93. The summed E-state index contributed by atoms with van der Waals surface area (Å²) in [4.78, 5) is 9.81. The Bertz CT molecular complexity index is 61.9. The molecule has 0 N–H and O–H groups in total. The minimum absolute atomic E-state index is 0.698. The van der Waals surface area contributed by atoms with E-state index in [0.29, 0.717) is 6.42 Å². The van der Waals surface area contributed by atoms with Crippen LogP contribution >= 0.6 is 0 Å². The van der Waals surface area contributed by atoms with E-state index < -0.39 is 0 Å². The van der Waals surface area contributed by atoms with Gasteiger partial charge in [-0.2, -0.15) is 0 Å². The van der Waals surface area contributed by atoms with Crippen molar-refractivity contribution in [3.8, 4) is 0 Å². The van der Waals surface area contributed by atoms with Crippen molar-refractivity contribution < 1.29 is 9.53 Å². The summed E-state index contributed by atoms with van der Waals surface area (Å²) in [5.74, 6) is 0. The SMILES string of the molecule is COCCCCCC=O. The van der Waals surface area contributed by atoms with Gasteiger partial charge in [0.05, 0.1) is 0 Å². The molecule has 0 aromatic heterocycles. The average Bonchev–Trinajstić information content (AvgIpc) is 1.89. The number of hydrogen-bond donors (Lipinski definition) is 0. The van der Waals surface area contributed by atoms with Gasteiger partial charge in [-0.3, -0.25) is 0 Å². The van der Waals surface area contributed by atoms with Crippen molar-refractivity contribution in [1.29, 1.82) is 0 Å². The Morgan fingerprint density at radius 2 is 2.11 bits per heavy atom. The first-order chi connectivity index (χ1) is 4.41. The van der Waals surface area contributed by atoms with Crippen molar-refractivity contribution in [3.63, 3.8) is 0 Å². The Morgan fingerprint density at radius 3 is 2.67 bits per heavy atom. The maximum absolute atomic E-state index is 9.81. The van der Waals surface area contributed by atoms with Crippen LogP contribution in [0.5, 0.6) is 0 Å². The summed E-state index contributed by atoms with van der Waals surface area (Å²) in [6.45, 7) is 0.818. The van der Waals surface area contributed by atoms with Crippen LogP contribution in [0.25, 0.3) is 0 Å². The quantitative estimate of drug-likeness (QED) is 0.401. The van der Waals surface area contributed by atoms with Crippen molar-refractivity contribution in [1.82, 2.24) is 0 Å². The van der Waals surface area contributed by atoms with E-state index in [1.165, 1.54) is 0 Å². The van der Waals surface area contributed by atoms with Gasteiger partial charge in [0, 0.05) is 20.1 Å². The number of rotatable bonds is 6. The van der Waals surface area contributed by atoms with Crippen LogP contribution in [-0.4, -0.2) is 20.0 Å². The van der Waals surface area contributed by atoms with E-state index in [-0.39, 0.29) is 0 Å². The summed E-state index contributed by atoms with van der Waals surface area (Å²) in [5.41, 5.74) is 0. The highest BCUT2D eigenvalue weighted by Gasteiger charge is 1.86. The smallest absolute Gasteiger partial charge is 0.119 e. The molecule has 0 amide bonds. The zero-order valence-corrected chi connectivity index (χ0v) is 5.93. The lowest BCUT2D eigenvalue weighted by Crippen LogP contribution is -1.87. The third kappa shape index (κ3) is 7.63. The first-order valence-electron chi connectivity index (χ1n) is 3.34. The number of methoxy groups -OCH3 is 1. The number of unbranched alkanes of at least 4 members (excludes halogenated alkanes) is 3. The Kier molecular flexibility index (Phi) is 7.32. The molecule has 0 heterocycles. The maximum Gasteiger partial charge on any atom is 0.119 e. The molecule has 0 spiro atoms.